The van der Waals surface area contributed by atoms with Gasteiger partial charge in [0.2, 0.25) is 5.91 Å². The van der Waals surface area contributed by atoms with Crippen molar-refractivity contribution in [1.29, 1.82) is 0 Å². The molecular formula is C18H23N3O. The molecule has 2 aromatic rings. The predicted octanol–water partition coefficient (Wildman–Crippen LogP) is 3.39. The van der Waals surface area contributed by atoms with Crippen molar-refractivity contribution >= 4 is 11.6 Å². The van der Waals surface area contributed by atoms with Crippen LogP contribution >= 0.6 is 0 Å². The van der Waals surface area contributed by atoms with Gasteiger partial charge in [-0.15, -0.1) is 0 Å². The summed E-state index contributed by atoms with van der Waals surface area (Å²) in [6.45, 7) is 8.14. The smallest absolute Gasteiger partial charge is 0.227 e. The first-order valence-corrected chi connectivity index (χ1v) is 7.87. The lowest BCUT2D eigenvalue weighted by Gasteiger charge is -2.22. The van der Waals surface area contributed by atoms with Crippen molar-refractivity contribution in [2.24, 2.45) is 5.92 Å². The van der Waals surface area contributed by atoms with Gasteiger partial charge in [-0.25, -0.2) is 4.98 Å². The van der Waals surface area contributed by atoms with E-state index in [0.717, 1.165) is 53.3 Å². The largest absolute Gasteiger partial charge is 0.346 e. The highest BCUT2D eigenvalue weighted by atomic mass is 16.1. The number of imidazole rings is 1. The SMILES string of the molecule is Cc1cc(C)c(NC(=O)C2CCc3nc(C)[nH]c3C2)c(C)c1. The first-order chi connectivity index (χ1) is 10.4. The van der Waals surface area contributed by atoms with Crippen molar-refractivity contribution in [3.8, 4) is 0 Å². The Morgan fingerprint density at radius 2 is 1.91 bits per heavy atom. The molecule has 4 heteroatoms. The Balaban J connectivity index is 1.76. The third kappa shape index (κ3) is 2.78. The third-order valence-electron chi connectivity index (χ3n) is 4.46. The maximum atomic E-state index is 12.6. The molecular weight excluding hydrogens is 274 g/mol. The minimum atomic E-state index is 0.0208. The maximum absolute atomic E-state index is 12.6. The van der Waals surface area contributed by atoms with Gasteiger partial charge in [-0.05, 0) is 51.7 Å². The first-order valence-electron chi connectivity index (χ1n) is 7.87. The highest BCUT2D eigenvalue weighted by Crippen LogP contribution is 2.27. The molecule has 4 nitrogen and oxygen atoms in total. The molecule has 1 amide bonds. The van der Waals surface area contributed by atoms with Crippen LogP contribution in [-0.2, 0) is 17.6 Å². The lowest BCUT2D eigenvalue weighted by atomic mass is 9.89. The lowest BCUT2D eigenvalue weighted by Crippen LogP contribution is -2.28. The summed E-state index contributed by atoms with van der Waals surface area (Å²) < 4.78 is 0. The van der Waals surface area contributed by atoms with Gasteiger partial charge < -0.3 is 10.3 Å². The molecule has 1 aromatic carbocycles. The molecule has 0 fully saturated rings. The number of nitrogens with zero attached hydrogens (tertiary/aromatic N) is 1. The maximum Gasteiger partial charge on any atom is 0.227 e. The van der Waals surface area contributed by atoms with Crippen molar-refractivity contribution in [1.82, 2.24) is 9.97 Å². The number of nitrogens with one attached hydrogen (secondary N) is 2. The molecule has 1 atom stereocenters. The van der Waals surface area contributed by atoms with E-state index in [9.17, 15) is 4.79 Å². The molecule has 0 spiro atoms. The molecule has 116 valence electrons. The van der Waals surface area contributed by atoms with E-state index in [-0.39, 0.29) is 11.8 Å². The van der Waals surface area contributed by atoms with Crippen LogP contribution in [0.4, 0.5) is 5.69 Å². The second-order valence-electron chi connectivity index (χ2n) is 6.45. The minimum Gasteiger partial charge on any atom is -0.346 e. The number of rotatable bonds is 2. The average molecular weight is 297 g/mol. The van der Waals surface area contributed by atoms with E-state index in [1.165, 1.54) is 5.56 Å². The van der Waals surface area contributed by atoms with Crippen LogP contribution in [0.1, 0.15) is 40.3 Å². The van der Waals surface area contributed by atoms with Gasteiger partial charge in [0.1, 0.15) is 5.82 Å². The molecule has 0 saturated carbocycles. The second-order valence-corrected chi connectivity index (χ2v) is 6.45. The number of amides is 1. The molecule has 22 heavy (non-hydrogen) atoms. The molecule has 1 heterocycles. The molecule has 1 aliphatic rings. The van der Waals surface area contributed by atoms with Gasteiger partial charge in [0, 0.05) is 23.7 Å². The number of aromatic nitrogens is 2. The number of benzene rings is 1. The Morgan fingerprint density at radius 1 is 1.23 bits per heavy atom. The van der Waals surface area contributed by atoms with Crippen LogP contribution in [-0.4, -0.2) is 15.9 Å². The van der Waals surface area contributed by atoms with Crippen LogP contribution in [0.3, 0.4) is 0 Å². The van der Waals surface area contributed by atoms with Gasteiger partial charge in [0.15, 0.2) is 0 Å². The van der Waals surface area contributed by atoms with E-state index in [0.29, 0.717) is 0 Å². The zero-order valence-electron chi connectivity index (χ0n) is 13.7. The van der Waals surface area contributed by atoms with Crippen molar-refractivity contribution in [2.75, 3.05) is 5.32 Å². The van der Waals surface area contributed by atoms with Crippen molar-refractivity contribution in [3.05, 3.63) is 46.0 Å². The van der Waals surface area contributed by atoms with Gasteiger partial charge >= 0.3 is 0 Å². The summed E-state index contributed by atoms with van der Waals surface area (Å²) in [5, 5.41) is 3.14. The van der Waals surface area contributed by atoms with E-state index in [1.807, 2.05) is 20.8 Å². The highest BCUT2D eigenvalue weighted by Gasteiger charge is 2.27. The summed E-state index contributed by atoms with van der Waals surface area (Å²) in [6.07, 6.45) is 2.50. The molecule has 0 saturated heterocycles. The number of hydrogen-bond acceptors (Lipinski definition) is 2. The normalized spacial score (nSPS) is 17.2. The summed E-state index contributed by atoms with van der Waals surface area (Å²) in [5.41, 5.74) is 6.69. The van der Waals surface area contributed by atoms with Crippen LogP contribution in [0.15, 0.2) is 12.1 Å². The van der Waals surface area contributed by atoms with Gasteiger partial charge in [-0.2, -0.15) is 0 Å². The standard InChI is InChI=1S/C18H23N3O/c1-10-7-11(2)17(12(3)8-10)21-18(22)14-5-6-15-16(9-14)20-13(4)19-15/h7-8,14H,5-6,9H2,1-4H3,(H,19,20)(H,21,22). The van der Waals surface area contributed by atoms with Crippen LogP contribution in [0.25, 0.3) is 0 Å². The van der Waals surface area contributed by atoms with Crippen LogP contribution in [0.2, 0.25) is 0 Å². The van der Waals surface area contributed by atoms with E-state index in [2.05, 4.69) is 34.3 Å². The summed E-state index contributed by atoms with van der Waals surface area (Å²) in [5.74, 6) is 1.08. The summed E-state index contributed by atoms with van der Waals surface area (Å²) in [4.78, 5) is 20.4. The van der Waals surface area contributed by atoms with Crippen LogP contribution in [0, 0.1) is 33.6 Å². The van der Waals surface area contributed by atoms with Crippen molar-refractivity contribution in [2.45, 2.75) is 47.0 Å². The predicted molar refractivity (Wildman–Crippen MR) is 88.1 cm³/mol. The molecule has 2 N–H and O–H groups in total. The fourth-order valence-corrected chi connectivity index (χ4v) is 3.45. The summed E-state index contributed by atoms with van der Waals surface area (Å²) in [7, 11) is 0. The minimum absolute atomic E-state index is 0.0208. The van der Waals surface area contributed by atoms with Gasteiger partial charge in [-0.1, -0.05) is 17.7 Å². The third-order valence-corrected chi connectivity index (χ3v) is 4.46. The van der Waals surface area contributed by atoms with E-state index in [1.54, 1.807) is 0 Å². The van der Waals surface area contributed by atoms with E-state index < -0.39 is 0 Å². The Kier molecular flexibility index (Phi) is 3.77. The molecule has 3 rings (SSSR count). The Labute approximate surface area is 131 Å². The van der Waals surface area contributed by atoms with Crippen LogP contribution < -0.4 is 5.32 Å². The van der Waals surface area contributed by atoms with Crippen molar-refractivity contribution < 1.29 is 4.79 Å². The molecule has 0 bridgehead atoms. The number of carbonyl (C=O) groups is 1. The molecule has 1 aliphatic carbocycles. The average Bonchev–Trinajstić information content (AvgIpc) is 2.81. The molecule has 1 aromatic heterocycles. The highest BCUT2D eigenvalue weighted by molar-refractivity contribution is 5.94. The van der Waals surface area contributed by atoms with E-state index in [4.69, 9.17) is 0 Å². The quantitative estimate of drug-likeness (QED) is 0.892. The Bertz CT molecular complexity index is 707. The summed E-state index contributed by atoms with van der Waals surface area (Å²) >= 11 is 0. The van der Waals surface area contributed by atoms with Gasteiger partial charge in [0.05, 0.1) is 5.69 Å². The molecule has 0 radical (unpaired) electrons. The number of fused-ring (bicyclic) bond motifs is 1. The number of H-pyrrole nitrogens is 1. The zero-order valence-corrected chi connectivity index (χ0v) is 13.7. The molecule has 1 unspecified atom stereocenters. The number of hydrogen-bond donors (Lipinski definition) is 2. The van der Waals surface area contributed by atoms with Gasteiger partial charge in [-0.3, -0.25) is 4.79 Å². The second kappa shape index (κ2) is 5.59. The monoisotopic (exact) mass is 297 g/mol. The number of anilines is 1. The number of aromatic amines is 1. The molecule has 0 aliphatic heterocycles. The number of aryl methyl sites for hydroxylation is 5. The van der Waals surface area contributed by atoms with Crippen molar-refractivity contribution in [3.63, 3.8) is 0 Å². The fraction of sp³-hybridized carbons (Fsp3) is 0.444. The topological polar surface area (TPSA) is 57.8 Å². The Hall–Kier alpha value is -2.10. The Morgan fingerprint density at radius 3 is 2.59 bits per heavy atom. The number of carbonyl (C=O) groups excluding carboxylic acids is 1. The van der Waals surface area contributed by atoms with Gasteiger partial charge in [0.25, 0.3) is 0 Å². The van der Waals surface area contributed by atoms with Crippen LogP contribution in [0.5, 0.6) is 0 Å². The summed E-state index contributed by atoms with van der Waals surface area (Å²) in [6, 6.07) is 4.22. The van der Waals surface area contributed by atoms with E-state index >= 15 is 0 Å². The fourth-order valence-electron chi connectivity index (χ4n) is 3.45. The first kappa shape index (κ1) is 14.8. The zero-order chi connectivity index (χ0) is 15.9. The lowest BCUT2D eigenvalue weighted by molar-refractivity contribution is -0.120.